The smallest absolute Gasteiger partial charge is 0.329 e. The van der Waals surface area contributed by atoms with Crippen molar-refractivity contribution in [3.63, 3.8) is 0 Å². The van der Waals surface area contributed by atoms with Gasteiger partial charge in [0, 0.05) is 6.54 Å². The second-order valence-electron chi connectivity index (χ2n) is 6.40. The molecule has 2 aromatic carbocycles. The highest BCUT2D eigenvalue weighted by atomic mass is 16.5. The van der Waals surface area contributed by atoms with Gasteiger partial charge in [0.25, 0.3) is 0 Å². The van der Waals surface area contributed by atoms with Crippen LogP contribution >= 0.6 is 0 Å². The van der Waals surface area contributed by atoms with E-state index in [0.29, 0.717) is 24.6 Å². The van der Waals surface area contributed by atoms with Crippen molar-refractivity contribution in [1.82, 2.24) is 9.13 Å². The molecule has 0 unspecified atom stereocenters. The fraction of sp³-hybridized carbons (Fsp3) is 0.333. The number of para-hydroxylation sites is 4. The van der Waals surface area contributed by atoms with Gasteiger partial charge in [-0.3, -0.25) is 13.9 Å². The molecule has 142 valence electrons. The van der Waals surface area contributed by atoms with Crippen LogP contribution in [-0.2, 0) is 17.9 Å². The Labute approximate surface area is 158 Å². The van der Waals surface area contributed by atoms with Crippen LogP contribution in [0.4, 0.5) is 5.69 Å². The third kappa shape index (κ3) is 4.05. The lowest BCUT2D eigenvalue weighted by molar-refractivity contribution is -0.116. The molecule has 1 amide bonds. The van der Waals surface area contributed by atoms with Crippen molar-refractivity contribution in [3.8, 4) is 5.75 Å². The van der Waals surface area contributed by atoms with E-state index in [9.17, 15) is 9.59 Å². The molecule has 0 saturated heterocycles. The minimum absolute atomic E-state index is 0.0435. The molecule has 6 nitrogen and oxygen atoms in total. The van der Waals surface area contributed by atoms with Crippen LogP contribution in [0.5, 0.6) is 5.75 Å². The van der Waals surface area contributed by atoms with E-state index in [2.05, 4.69) is 5.32 Å². The number of imidazole rings is 1. The standard InChI is InChI=1S/C21H25N3O3/c1-3-13-23-17-10-6-7-11-18(17)24(21(23)26)15-20(25)22-16-9-5-8-12-19(16)27-14-4-2/h5-12H,3-4,13-15H2,1-2H3,(H,22,25). The summed E-state index contributed by atoms with van der Waals surface area (Å²) >= 11 is 0. The number of ether oxygens (including phenoxy) is 1. The van der Waals surface area contributed by atoms with Crippen LogP contribution in [0, 0.1) is 0 Å². The monoisotopic (exact) mass is 367 g/mol. The van der Waals surface area contributed by atoms with E-state index >= 15 is 0 Å². The van der Waals surface area contributed by atoms with Crippen molar-refractivity contribution in [2.45, 2.75) is 39.8 Å². The summed E-state index contributed by atoms with van der Waals surface area (Å²) in [5.74, 6) is 0.373. The van der Waals surface area contributed by atoms with E-state index in [1.165, 1.54) is 4.57 Å². The molecule has 0 aliphatic carbocycles. The van der Waals surface area contributed by atoms with Gasteiger partial charge in [0.2, 0.25) is 5.91 Å². The minimum Gasteiger partial charge on any atom is -0.491 e. The number of hydrogen-bond acceptors (Lipinski definition) is 3. The van der Waals surface area contributed by atoms with Gasteiger partial charge >= 0.3 is 5.69 Å². The fourth-order valence-electron chi connectivity index (χ4n) is 3.11. The Balaban J connectivity index is 1.85. The van der Waals surface area contributed by atoms with Gasteiger partial charge in [-0.25, -0.2) is 4.79 Å². The topological polar surface area (TPSA) is 65.3 Å². The van der Waals surface area contributed by atoms with Gasteiger partial charge in [-0.1, -0.05) is 38.1 Å². The molecule has 1 N–H and O–H groups in total. The van der Waals surface area contributed by atoms with Gasteiger partial charge < -0.3 is 10.1 Å². The predicted octanol–water partition coefficient (Wildman–Crippen LogP) is 3.64. The first-order valence-electron chi connectivity index (χ1n) is 9.35. The van der Waals surface area contributed by atoms with Crippen LogP contribution in [0.2, 0.25) is 0 Å². The molecule has 3 aromatic rings. The highest BCUT2D eigenvalue weighted by Gasteiger charge is 2.15. The summed E-state index contributed by atoms with van der Waals surface area (Å²) < 4.78 is 8.93. The second-order valence-corrected chi connectivity index (χ2v) is 6.40. The van der Waals surface area contributed by atoms with E-state index in [1.807, 2.05) is 56.3 Å². The van der Waals surface area contributed by atoms with Crippen molar-refractivity contribution in [1.29, 1.82) is 0 Å². The van der Waals surface area contributed by atoms with Crippen molar-refractivity contribution in [2.75, 3.05) is 11.9 Å². The van der Waals surface area contributed by atoms with Crippen molar-refractivity contribution >= 4 is 22.6 Å². The van der Waals surface area contributed by atoms with Gasteiger partial charge in [0.1, 0.15) is 12.3 Å². The summed E-state index contributed by atoms with van der Waals surface area (Å²) in [5.41, 5.74) is 2.07. The lowest BCUT2D eigenvalue weighted by atomic mass is 10.3. The van der Waals surface area contributed by atoms with Crippen LogP contribution in [0.25, 0.3) is 11.0 Å². The molecular weight excluding hydrogens is 342 g/mol. The zero-order valence-corrected chi connectivity index (χ0v) is 15.8. The summed E-state index contributed by atoms with van der Waals surface area (Å²) in [5, 5.41) is 2.87. The molecule has 27 heavy (non-hydrogen) atoms. The fourth-order valence-corrected chi connectivity index (χ4v) is 3.11. The maximum atomic E-state index is 12.8. The van der Waals surface area contributed by atoms with Crippen LogP contribution < -0.4 is 15.7 Å². The van der Waals surface area contributed by atoms with Crippen LogP contribution in [0.1, 0.15) is 26.7 Å². The molecule has 0 saturated carbocycles. The number of anilines is 1. The molecule has 6 heteroatoms. The average molecular weight is 367 g/mol. The lowest BCUT2D eigenvalue weighted by Gasteiger charge is -2.12. The number of carbonyl (C=O) groups excluding carboxylic acids is 1. The normalized spacial score (nSPS) is 10.9. The molecule has 0 aliphatic rings. The number of benzene rings is 2. The summed E-state index contributed by atoms with van der Waals surface area (Å²) in [6, 6.07) is 14.9. The first-order valence-corrected chi connectivity index (χ1v) is 9.35. The average Bonchev–Trinajstić information content (AvgIpc) is 2.93. The first-order chi connectivity index (χ1) is 13.2. The molecule has 0 aliphatic heterocycles. The van der Waals surface area contributed by atoms with Crippen LogP contribution in [0.15, 0.2) is 53.3 Å². The third-order valence-corrected chi connectivity index (χ3v) is 4.30. The quantitative estimate of drug-likeness (QED) is 0.661. The van der Waals surface area contributed by atoms with E-state index in [4.69, 9.17) is 4.74 Å². The van der Waals surface area contributed by atoms with Crippen molar-refractivity contribution in [3.05, 3.63) is 59.0 Å². The zero-order chi connectivity index (χ0) is 19.2. The Hall–Kier alpha value is -3.02. The number of hydrogen-bond donors (Lipinski definition) is 1. The van der Waals surface area contributed by atoms with E-state index in [0.717, 1.165) is 23.9 Å². The van der Waals surface area contributed by atoms with Crippen LogP contribution in [-0.4, -0.2) is 21.6 Å². The lowest BCUT2D eigenvalue weighted by Crippen LogP contribution is -2.29. The van der Waals surface area contributed by atoms with Gasteiger partial charge in [0.05, 0.1) is 23.3 Å². The maximum Gasteiger partial charge on any atom is 0.329 e. The van der Waals surface area contributed by atoms with Crippen molar-refractivity contribution in [2.24, 2.45) is 0 Å². The maximum absolute atomic E-state index is 12.8. The molecule has 0 spiro atoms. The van der Waals surface area contributed by atoms with Gasteiger partial charge in [0.15, 0.2) is 0 Å². The molecule has 1 heterocycles. The van der Waals surface area contributed by atoms with Gasteiger partial charge in [-0.2, -0.15) is 0 Å². The number of aryl methyl sites for hydroxylation is 1. The molecule has 3 rings (SSSR count). The van der Waals surface area contributed by atoms with Gasteiger partial charge in [-0.05, 0) is 37.1 Å². The second kappa shape index (κ2) is 8.58. The number of carbonyl (C=O) groups is 1. The summed E-state index contributed by atoms with van der Waals surface area (Å²) in [6.45, 7) is 5.22. The van der Waals surface area contributed by atoms with Crippen molar-refractivity contribution < 1.29 is 9.53 Å². The Kier molecular flexibility index (Phi) is 5.96. The van der Waals surface area contributed by atoms with Gasteiger partial charge in [-0.15, -0.1) is 0 Å². The number of rotatable bonds is 8. The largest absolute Gasteiger partial charge is 0.491 e. The third-order valence-electron chi connectivity index (χ3n) is 4.30. The molecule has 1 aromatic heterocycles. The summed E-state index contributed by atoms with van der Waals surface area (Å²) in [6.07, 6.45) is 1.73. The van der Waals surface area contributed by atoms with E-state index < -0.39 is 0 Å². The summed E-state index contributed by atoms with van der Waals surface area (Å²) in [7, 11) is 0. The molecular formula is C21H25N3O3. The van der Waals surface area contributed by atoms with E-state index in [1.54, 1.807) is 10.6 Å². The Morgan fingerprint density at radius 3 is 2.33 bits per heavy atom. The minimum atomic E-state index is -0.260. The number of aromatic nitrogens is 2. The first kappa shape index (κ1) is 18.8. The van der Waals surface area contributed by atoms with E-state index in [-0.39, 0.29) is 18.1 Å². The highest BCUT2D eigenvalue weighted by molar-refractivity contribution is 5.93. The molecule has 0 atom stereocenters. The Bertz CT molecular complexity index is 988. The number of amides is 1. The number of nitrogens with one attached hydrogen (secondary N) is 1. The number of fused-ring (bicyclic) bond motifs is 1. The van der Waals surface area contributed by atoms with Crippen LogP contribution in [0.3, 0.4) is 0 Å². The molecule has 0 radical (unpaired) electrons. The number of nitrogens with zero attached hydrogens (tertiary/aromatic N) is 2. The molecule has 0 fully saturated rings. The SMILES string of the molecule is CCCOc1ccccc1NC(=O)Cn1c(=O)n(CCC)c2ccccc21. The summed E-state index contributed by atoms with van der Waals surface area (Å²) in [4.78, 5) is 25.4. The zero-order valence-electron chi connectivity index (χ0n) is 15.8. The highest BCUT2D eigenvalue weighted by Crippen LogP contribution is 2.24. The Morgan fingerprint density at radius 1 is 0.963 bits per heavy atom. The predicted molar refractivity (Wildman–Crippen MR) is 107 cm³/mol. The molecule has 0 bridgehead atoms. The Morgan fingerprint density at radius 2 is 1.63 bits per heavy atom.